The summed E-state index contributed by atoms with van der Waals surface area (Å²) in [4.78, 5) is 11.5. The number of nitrogens with zero attached hydrogens (tertiary/aromatic N) is 3. The van der Waals surface area contributed by atoms with Gasteiger partial charge in [-0.3, -0.25) is 0 Å². The molecule has 0 saturated carbocycles. The van der Waals surface area contributed by atoms with Crippen molar-refractivity contribution in [2.45, 2.75) is 12.8 Å². The Morgan fingerprint density at radius 2 is 1.96 bits per heavy atom. The first-order valence-corrected chi connectivity index (χ1v) is 8.26. The number of fused-ring (bicyclic) bond motifs is 1. The lowest BCUT2D eigenvalue weighted by atomic mass is 10.1. The van der Waals surface area contributed by atoms with E-state index in [1.165, 1.54) is 0 Å². The average molecular weight is 324 g/mol. The van der Waals surface area contributed by atoms with Crippen LogP contribution in [-0.4, -0.2) is 41.4 Å². The highest BCUT2D eigenvalue weighted by atomic mass is 16.5. The zero-order chi connectivity index (χ0) is 16.4. The third kappa shape index (κ3) is 2.92. The summed E-state index contributed by atoms with van der Waals surface area (Å²) in [7, 11) is 0. The van der Waals surface area contributed by atoms with Crippen molar-refractivity contribution in [3.63, 3.8) is 0 Å². The molecular weight excluding hydrogens is 304 g/mol. The molecule has 24 heavy (non-hydrogen) atoms. The third-order valence-corrected chi connectivity index (χ3v) is 4.28. The average Bonchev–Trinajstić information content (AvgIpc) is 2.64. The molecule has 1 saturated heterocycles. The van der Waals surface area contributed by atoms with Crippen LogP contribution in [0.3, 0.4) is 0 Å². The van der Waals surface area contributed by atoms with Crippen LogP contribution in [0.2, 0.25) is 0 Å². The first-order chi connectivity index (χ1) is 11.8. The first kappa shape index (κ1) is 15.0. The van der Waals surface area contributed by atoms with E-state index in [-0.39, 0.29) is 0 Å². The van der Waals surface area contributed by atoms with Crippen molar-refractivity contribution in [2.24, 2.45) is 0 Å². The molecule has 124 valence electrons. The van der Waals surface area contributed by atoms with Crippen LogP contribution in [0.1, 0.15) is 12.8 Å². The van der Waals surface area contributed by atoms with E-state index >= 15 is 0 Å². The maximum atomic E-state index is 10.0. The van der Waals surface area contributed by atoms with Crippen LogP contribution in [0, 0.1) is 0 Å². The second-order valence-electron chi connectivity index (χ2n) is 5.91. The fourth-order valence-electron chi connectivity index (χ4n) is 3.02. The molecule has 0 atom stereocenters. The zero-order valence-electron chi connectivity index (χ0n) is 13.4. The van der Waals surface area contributed by atoms with Crippen molar-refractivity contribution in [1.29, 1.82) is 0 Å². The Hall–Kier alpha value is -2.60. The molecule has 2 N–H and O–H groups in total. The molecule has 0 radical (unpaired) electrons. The Kier molecular flexibility index (Phi) is 4.04. The second-order valence-corrected chi connectivity index (χ2v) is 5.91. The summed E-state index contributed by atoms with van der Waals surface area (Å²) in [6.45, 7) is 3.04. The summed E-state index contributed by atoms with van der Waals surface area (Å²) < 4.78 is 5.45. The number of aliphatic hydroxyl groups excluding tert-OH is 1. The standard InChI is InChI=1S/C18H20N4O2/c23-16-8-4-3-7-15(16)20-18-19-14-6-2-1-5-13(14)17(21-18)22-9-11-24-12-10-22/h1-3,5-7,23H,4,8-12H2,(H,19,20,21). The molecule has 2 heterocycles. The number of nitrogens with one attached hydrogen (secondary N) is 1. The third-order valence-electron chi connectivity index (χ3n) is 4.28. The van der Waals surface area contributed by atoms with Gasteiger partial charge in [0.2, 0.25) is 5.95 Å². The highest BCUT2D eigenvalue weighted by Crippen LogP contribution is 2.27. The number of rotatable bonds is 3. The monoisotopic (exact) mass is 324 g/mol. The van der Waals surface area contributed by atoms with Crippen molar-refractivity contribution < 1.29 is 9.84 Å². The minimum atomic E-state index is 0.349. The lowest BCUT2D eigenvalue weighted by molar-refractivity contribution is 0.122. The van der Waals surface area contributed by atoms with Gasteiger partial charge in [0.25, 0.3) is 0 Å². The first-order valence-electron chi connectivity index (χ1n) is 8.26. The molecule has 2 aromatic rings. The van der Waals surface area contributed by atoms with Gasteiger partial charge in [0.15, 0.2) is 0 Å². The fraction of sp³-hybridized carbons (Fsp3) is 0.333. The van der Waals surface area contributed by atoms with E-state index in [9.17, 15) is 5.11 Å². The number of hydrogen-bond donors (Lipinski definition) is 2. The van der Waals surface area contributed by atoms with E-state index in [1.807, 2.05) is 36.4 Å². The molecule has 4 rings (SSSR count). The maximum absolute atomic E-state index is 10.0. The quantitative estimate of drug-likeness (QED) is 0.904. The van der Waals surface area contributed by atoms with Gasteiger partial charge in [0, 0.05) is 24.9 Å². The van der Waals surface area contributed by atoms with E-state index in [0.717, 1.165) is 36.2 Å². The van der Waals surface area contributed by atoms with E-state index < -0.39 is 0 Å². The normalized spacial score (nSPS) is 18.2. The van der Waals surface area contributed by atoms with Gasteiger partial charge in [-0.05, 0) is 24.6 Å². The summed E-state index contributed by atoms with van der Waals surface area (Å²) in [6, 6.07) is 8.00. The van der Waals surface area contributed by atoms with E-state index in [1.54, 1.807) is 0 Å². The zero-order valence-corrected chi connectivity index (χ0v) is 13.4. The van der Waals surface area contributed by atoms with E-state index in [2.05, 4.69) is 15.2 Å². The molecule has 2 aliphatic rings. The molecule has 0 spiro atoms. The van der Waals surface area contributed by atoms with Crippen LogP contribution in [0.4, 0.5) is 11.8 Å². The van der Waals surface area contributed by atoms with Crippen molar-refractivity contribution in [3.05, 3.63) is 47.9 Å². The highest BCUT2D eigenvalue weighted by Gasteiger charge is 2.18. The predicted octanol–water partition coefficient (Wildman–Crippen LogP) is 3.00. The van der Waals surface area contributed by atoms with Gasteiger partial charge in [0.1, 0.15) is 11.6 Å². The molecule has 0 unspecified atom stereocenters. The van der Waals surface area contributed by atoms with Crippen LogP contribution in [0.15, 0.2) is 47.9 Å². The number of benzene rings is 1. The molecule has 1 aliphatic carbocycles. The topological polar surface area (TPSA) is 70.5 Å². The Balaban J connectivity index is 1.75. The van der Waals surface area contributed by atoms with Gasteiger partial charge < -0.3 is 20.1 Å². The molecule has 6 heteroatoms. The van der Waals surface area contributed by atoms with Crippen LogP contribution < -0.4 is 10.2 Å². The number of hydrogen-bond acceptors (Lipinski definition) is 6. The Morgan fingerprint density at radius 3 is 2.79 bits per heavy atom. The number of aromatic nitrogens is 2. The van der Waals surface area contributed by atoms with Gasteiger partial charge in [-0.25, -0.2) is 4.98 Å². The van der Waals surface area contributed by atoms with Gasteiger partial charge in [-0.1, -0.05) is 18.2 Å². The molecule has 0 amide bonds. The minimum absolute atomic E-state index is 0.349. The van der Waals surface area contributed by atoms with Crippen LogP contribution in [-0.2, 0) is 4.74 Å². The Morgan fingerprint density at radius 1 is 1.12 bits per heavy atom. The SMILES string of the molecule is OC1=C(Nc2nc(N3CCOCC3)c3ccccc3n2)C=CCC1. The van der Waals surface area contributed by atoms with Gasteiger partial charge in [0.05, 0.1) is 24.4 Å². The predicted molar refractivity (Wildman–Crippen MR) is 94.2 cm³/mol. The molecule has 1 aromatic heterocycles. The van der Waals surface area contributed by atoms with Crippen LogP contribution in [0.25, 0.3) is 10.9 Å². The second kappa shape index (κ2) is 6.49. The fourth-order valence-corrected chi connectivity index (χ4v) is 3.02. The van der Waals surface area contributed by atoms with Crippen molar-refractivity contribution >= 4 is 22.7 Å². The van der Waals surface area contributed by atoms with Crippen LogP contribution >= 0.6 is 0 Å². The van der Waals surface area contributed by atoms with Gasteiger partial charge in [-0.15, -0.1) is 0 Å². The molecule has 6 nitrogen and oxygen atoms in total. The molecule has 1 fully saturated rings. The molecule has 1 aromatic carbocycles. The summed E-state index contributed by atoms with van der Waals surface area (Å²) in [5, 5.41) is 14.2. The molecule has 0 bridgehead atoms. The van der Waals surface area contributed by atoms with Crippen LogP contribution in [0.5, 0.6) is 0 Å². The number of aliphatic hydroxyl groups is 1. The van der Waals surface area contributed by atoms with Crippen molar-refractivity contribution in [3.8, 4) is 0 Å². The number of anilines is 2. The summed E-state index contributed by atoms with van der Waals surface area (Å²) in [5.74, 6) is 1.76. The maximum Gasteiger partial charge on any atom is 0.229 e. The van der Waals surface area contributed by atoms with E-state index in [4.69, 9.17) is 9.72 Å². The highest BCUT2D eigenvalue weighted by molar-refractivity contribution is 5.90. The van der Waals surface area contributed by atoms with Crippen molar-refractivity contribution in [2.75, 3.05) is 36.5 Å². The lowest BCUT2D eigenvalue weighted by Gasteiger charge is -2.29. The number of allylic oxidation sites excluding steroid dienone is 3. The molecular formula is C18H20N4O2. The summed E-state index contributed by atoms with van der Waals surface area (Å²) in [5.41, 5.74) is 1.56. The number of morpholine rings is 1. The summed E-state index contributed by atoms with van der Waals surface area (Å²) >= 11 is 0. The number of ether oxygens (including phenoxy) is 1. The Bertz CT molecular complexity index is 810. The summed E-state index contributed by atoms with van der Waals surface area (Å²) in [6.07, 6.45) is 5.41. The molecule has 1 aliphatic heterocycles. The van der Waals surface area contributed by atoms with Gasteiger partial charge in [-0.2, -0.15) is 4.98 Å². The lowest BCUT2D eigenvalue weighted by Crippen LogP contribution is -2.37. The van der Waals surface area contributed by atoms with E-state index in [0.29, 0.717) is 37.0 Å². The minimum Gasteiger partial charge on any atom is -0.510 e. The van der Waals surface area contributed by atoms with Crippen molar-refractivity contribution in [1.82, 2.24) is 9.97 Å². The Labute approximate surface area is 140 Å². The number of para-hydroxylation sites is 1. The smallest absolute Gasteiger partial charge is 0.229 e. The van der Waals surface area contributed by atoms with Gasteiger partial charge >= 0.3 is 0 Å². The largest absolute Gasteiger partial charge is 0.510 e.